The van der Waals surface area contributed by atoms with Crippen LogP contribution in [0.15, 0.2) is 12.7 Å². The number of nitrogens with one attached hydrogen (secondary N) is 2. The third kappa shape index (κ3) is 2.71. The zero-order valence-electron chi connectivity index (χ0n) is 11.7. The molecule has 0 aromatic carbocycles. The van der Waals surface area contributed by atoms with Crippen LogP contribution in [0.1, 0.15) is 19.4 Å². The van der Waals surface area contributed by atoms with E-state index in [1.807, 2.05) is 6.92 Å². The van der Waals surface area contributed by atoms with E-state index in [0.717, 1.165) is 6.42 Å². The van der Waals surface area contributed by atoms with Crippen molar-refractivity contribution in [3.05, 3.63) is 12.7 Å². The van der Waals surface area contributed by atoms with Crippen LogP contribution in [0.3, 0.4) is 0 Å². The second-order valence-electron chi connectivity index (χ2n) is 5.16. The predicted molar refractivity (Wildman–Crippen MR) is 70.3 cm³/mol. The molecule has 9 nitrogen and oxygen atoms in total. The van der Waals surface area contributed by atoms with Gasteiger partial charge in [-0.05, 0) is 6.42 Å². The molecule has 0 saturated carbocycles. The second kappa shape index (κ2) is 5.96. The minimum atomic E-state index is -0.870. The van der Waals surface area contributed by atoms with Gasteiger partial charge < -0.3 is 25.2 Å². The number of hydrogen-bond donors (Lipinski definition) is 3. The first kappa shape index (κ1) is 14.2. The Kier molecular flexibility index (Phi) is 4.04. The third-order valence-electron chi connectivity index (χ3n) is 3.71. The van der Waals surface area contributed by atoms with Crippen molar-refractivity contribution >= 4 is 6.03 Å². The normalized spacial score (nSPS) is 34.7. The average molecular weight is 297 g/mol. The van der Waals surface area contributed by atoms with Gasteiger partial charge in [0, 0.05) is 6.54 Å². The summed E-state index contributed by atoms with van der Waals surface area (Å²) in [5.41, 5.74) is 0. The molecule has 3 heterocycles. The van der Waals surface area contributed by atoms with Crippen LogP contribution < -0.4 is 10.6 Å². The largest absolute Gasteiger partial charge is 0.388 e. The summed E-state index contributed by atoms with van der Waals surface area (Å²) in [5, 5.41) is 20.1. The molecule has 0 spiro atoms. The van der Waals surface area contributed by atoms with Gasteiger partial charge in [0.2, 0.25) is 0 Å². The van der Waals surface area contributed by atoms with Crippen LogP contribution in [0.4, 0.5) is 4.79 Å². The smallest absolute Gasteiger partial charge is 0.315 e. The number of aliphatic hydroxyl groups is 1. The molecule has 2 saturated heterocycles. The van der Waals surface area contributed by atoms with Gasteiger partial charge in [-0.15, -0.1) is 0 Å². The van der Waals surface area contributed by atoms with Crippen LogP contribution in [0, 0.1) is 0 Å². The first-order valence-electron chi connectivity index (χ1n) is 7.04. The number of ether oxygens (including phenoxy) is 2. The first-order chi connectivity index (χ1) is 10.2. The lowest BCUT2D eigenvalue weighted by Gasteiger charge is -2.38. The maximum atomic E-state index is 11.8. The number of nitrogens with zero attached hydrogens (tertiary/aromatic N) is 3. The number of aromatic nitrogens is 3. The fourth-order valence-corrected chi connectivity index (χ4v) is 2.67. The first-order valence-corrected chi connectivity index (χ1v) is 7.04. The highest BCUT2D eigenvalue weighted by Gasteiger charge is 2.51. The minimum Gasteiger partial charge on any atom is -0.388 e. The summed E-state index contributed by atoms with van der Waals surface area (Å²) in [4.78, 5) is 15.7. The van der Waals surface area contributed by atoms with E-state index < -0.39 is 24.5 Å². The summed E-state index contributed by atoms with van der Waals surface area (Å²) < 4.78 is 12.7. The standard InChI is InChI=1S/C12H19N5O4/c1-2-3-14-12(19)16-8-7-4-20-11(21-7)9(10(8)18)17-6-13-5-15-17/h5-11,18H,2-4H2,1H3,(H2,14,16,19). The summed E-state index contributed by atoms with van der Waals surface area (Å²) in [5.74, 6) is 0. The highest BCUT2D eigenvalue weighted by Crippen LogP contribution is 2.35. The van der Waals surface area contributed by atoms with Crippen molar-refractivity contribution in [1.82, 2.24) is 25.4 Å². The van der Waals surface area contributed by atoms with Crippen LogP contribution in [0.2, 0.25) is 0 Å². The molecule has 3 rings (SSSR count). The lowest BCUT2D eigenvalue weighted by Crippen LogP contribution is -2.60. The van der Waals surface area contributed by atoms with E-state index in [1.54, 1.807) is 0 Å². The highest BCUT2D eigenvalue weighted by molar-refractivity contribution is 5.74. The van der Waals surface area contributed by atoms with E-state index in [1.165, 1.54) is 17.3 Å². The van der Waals surface area contributed by atoms with E-state index in [9.17, 15) is 9.90 Å². The summed E-state index contributed by atoms with van der Waals surface area (Å²) in [6.45, 7) is 2.87. The lowest BCUT2D eigenvalue weighted by atomic mass is 9.96. The molecule has 0 radical (unpaired) electrons. The molecule has 116 valence electrons. The minimum absolute atomic E-state index is 0.325. The summed E-state index contributed by atoms with van der Waals surface area (Å²) >= 11 is 0. The van der Waals surface area contributed by atoms with Crippen molar-refractivity contribution in [2.45, 2.75) is 43.9 Å². The number of carbonyl (C=O) groups is 1. The quantitative estimate of drug-likeness (QED) is 0.658. The molecule has 0 aliphatic carbocycles. The van der Waals surface area contributed by atoms with Gasteiger partial charge in [0.1, 0.15) is 30.9 Å². The molecule has 3 N–H and O–H groups in total. The van der Waals surface area contributed by atoms with Gasteiger partial charge in [0.05, 0.1) is 12.6 Å². The maximum Gasteiger partial charge on any atom is 0.315 e. The fourth-order valence-electron chi connectivity index (χ4n) is 2.67. The van der Waals surface area contributed by atoms with Crippen molar-refractivity contribution in [3.63, 3.8) is 0 Å². The molecule has 1 aromatic rings. The predicted octanol–water partition coefficient (Wildman–Crippen LogP) is -0.987. The summed E-state index contributed by atoms with van der Waals surface area (Å²) in [6, 6.07) is -1.43. The van der Waals surface area contributed by atoms with Gasteiger partial charge in [0.25, 0.3) is 0 Å². The van der Waals surface area contributed by atoms with Gasteiger partial charge in [-0.2, -0.15) is 5.10 Å². The Morgan fingerprint density at radius 3 is 3.14 bits per heavy atom. The SMILES string of the molecule is CCCNC(=O)NC1C2COC(O2)C(n2cncn2)C1O. The van der Waals surface area contributed by atoms with Crippen molar-refractivity contribution in [3.8, 4) is 0 Å². The molecule has 9 heteroatoms. The van der Waals surface area contributed by atoms with Crippen LogP contribution in [-0.4, -0.2) is 63.6 Å². The molecule has 2 fully saturated rings. The van der Waals surface area contributed by atoms with Crippen molar-refractivity contribution < 1.29 is 19.4 Å². The fraction of sp³-hybridized carbons (Fsp3) is 0.750. The highest BCUT2D eigenvalue weighted by atomic mass is 16.7. The van der Waals surface area contributed by atoms with E-state index in [2.05, 4.69) is 20.7 Å². The Hall–Kier alpha value is -1.71. The Morgan fingerprint density at radius 2 is 2.43 bits per heavy atom. The van der Waals surface area contributed by atoms with E-state index in [0.29, 0.717) is 13.2 Å². The van der Waals surface area contributed by atoms with Gasteiger partial charge in [-0.1, -0.05) is 6.92 Å². The molecule has 5 unspecified atom stereocenters. The Morgan fingerprint density at radius 1 is 1.57 bits per heavy atom. The number of hydrogen-bond acceptors (Lipinski definition) is 6. The van der Waals surface area contributed by atoms with Crippen LogP contribution in [-0.2, 0) is 9.47 Å². The van der Waals surface area contributed by atoms with Gasteiger partial charge in [-0.3, -0.25) is 0 Å². The van der Waals surface area contributed by atoms with Crippen LogP contribution in [0.5, 0.6) is 0 Å². The molecule has 2 bridgehead atoms. The topological polar surface area (TPSA) is 111 Å². The number of fused-ring (bicyclic) bond motifs is 2. The van der Waals surface area contributed by atoms with Gasteiger partial charge >= 0.3 is 6.03 Å². The summed E-state index contributed by atoms with van der Waals surface area (Å²) in [6.07, 6.45) is 1.90. The van der Waals surface area contributed by atoms with Crippen molar-refractivity contribution in [2.24, 2.45) is 0 Å². The Bertz CT molecular complexity index is 482. The molecule has 5 atom stereocenters. The maximum absolute atomic E-state index is 11.8. The number of rotatable bonds is 4. The molecular formula is C12H19N5O4. The molecule has 21 heavy (non-hydrogen) atoms. The molecule has 2 aliphatic heterocycles. The average Bonchev–Trinajstić information content (AvgIpc) is 3.13. The van der Waals surface area contributed by atoms with E-state index in [4.69, 9.17) is 9.47 Å². The van der Waals surface area contributed by atoms with Gasteiger partial charge in [0.15, 0.2) is 6.29 Å². The number of aliphatic hydroxyl groups excluding tert-OH is 1. The van der Waals surface area contributed by atoms with Crippen molar-refractivity contribution in [2.75, 3.05) is 13.2 Å². The monoisotopic (exact) mass is 297 g/mol. The Labute approximate surface area is 121 Å². The van der Waals surface area contributed by atoms with E-state index in [-0.39, 0.29) is 12.1 Å². The lowest BCUT2D eigenvalue weighted by molar-refractivity contribution is -0.166. The molecule has 2 amide bonds. The van der Waals surface area contributed by atoms with Crippen molar-refractivity contribution in [1.29, 1.82) is 0 Å². The van der Waals surface area contributed by atoms with Gasteiger partial charge in [-0.25, -0.2) is 14.5 Å². The second-order valence-corrected chi connectivity index (χ2v) is 5.16. The molecular weight excluding hydrogens is 278 g/mol. The number of urea groups is 1. The van der Waals surface area contributed by atoms with E-state index >= 15 is 0 Å². The number of carbonyl (C=O) groups excluding carboxylic acids is 1. The summed E-state index contributed by atoms with van der Waals surface area (Å²) in [7, 11) is 0. The number of amides is 2. The molecule has 2 aliphatic rings. The zero-order chi connectivity index (χ0) is 14.8. The molecule has 1 aromatic heterocycles. The Balaban J connectivity index is 1.73. The van der Waals surface area contributed by atoms with Crippen LogP contribution >= 0.6 is 0 Å². The third-order valence-corrected chi connectivity index (χ3v) is 3.71. The van der Waals surface area contributed by atoms with Crippen LogP contribution in [0.25, 0.3) is 0 Å². The zero-order valence-corrected chi connectivity index (χ0v) is 11.7.